The van der Waals surface area contributed by atoms with Crippen molar-refractivity contribution in [1.82, 2.24) is 20.4 Å². The standard InChI is InChI=1S/C12H16N4O/c1-8(2)12-15-11(16-17-12)10(13-3)9-4-6-14-7-5-9/h4-8,10,13H,1-3H3. The smallest absolute Gasteiger partial charge is 0.229 e. The summed E-state index contributed by atoms with van der Waals surface area (Å²) in [6, 6.07) is 3.81. The van der Waals surface area contributed by atoms with Gasteiger partial charge in [-0.2, -0.15) is 4.98 Å². The fourth-order valence-corrected chi connectivity index (χ4v) is 1.60. The topological polar surface area (TPSA) is 63.8 Å². The third-order valence-electron chi connectivity index (χ3n) is 2.54. The Morgan fingerprint density at radius 3 is 2.47 bits per heavy atom. The van der Waals surface area contributed by atoms with E-state index < -0.39 is 0 Å². The van der Waals surface area contributed by atoms with Crippen molar-refractivity contribution < 1.29 is 4.52 Å². The lowest BCUT2D eigenvalue weighted by Crippen LogP contribution is -2.19. The Morgan fingerprint density at radius 1 is 1.24 bits per heavy atom. The van der Waals surface area contributed by atoms with Gasteiger partial charge in [-0.25, -0.2) is 0 Å². The molecular formula is C12H16N4O. The second-order valence-corrected chi connectivity index (χ2v) is 4.15. The molecule has 0 aromatic carbocycles. The second kappa shape index (κ2) is 5.05. The molecule has 90 valence electrons. The van der Waals surface area contributed by atoms with Gasteiger partial charge in [0.25, 0.3) is 0 Å². The van der Waals surface area contributed by atoms with Gasteiger partial charge in [-0.3, -0.25) is 4.98 Å². The zero-order valence-electron chi connectivity index (χ0n) is 10.2. The molecule has 0 saturated carbocycles. The highest BCUT2D eigenvalue weighted by Crippen LogP contribution is 2.20. The maximum Gasteiger partial charge on any atom is 0.229 e. The number of aromatic nitrogens is 3. The van der Waals surface area contributed by atoms with E-state index >= 15 is 0 Å². The first-order valence-electron chi connectivity index (χ1n) is 5.63. The Labute approximate surface area is 100 Å². The lowest BCUT2D eigenvalue weighted by Gasteiger charge is -2.11. The van der Waals surface area contributed by atoms with Gasteiger partial charge in [-0.15, -0.1) is 0 Å². The zero-order chi connectivity index (χ0) is 12.3. The molecule has 0 radical (unpaired) electrons. The quantitative estimate of drug-likeness (QED) is 0.872. The highest BCUT2D eigenvalue weighted by Gasteiger charge is 2.19. The van der Waals surface area contributed by atoms with Crippen molar-refractivity contribution in [2.24, 2.45) is 0 Å². The van der Waals surface area contributed by atoms with E-state index in [0.29, 0.717) is 11.7 Å². The zero-order valence-corrected chi connectivity index (χ0v) is 10.2. The van der Waals surface area contributed by atoms with Crippen molar-refractivity contribution in [3.8, 4) is 0 Å². The largest absolute Gasteiger partial charge is 0.339 e. The number of nitrogens with zero attached hydrogens (tertiary/aromatic N) is 3. The number of hydrogen-bond donors (Lipinski definition) is 1. The van der Waals surface area contributed by atoms with Crippen LogP contribution >= 0.6 is 0 Å². The Morgan fingerprint density at radius 2 is 1.94 bits per heavy atom. The van der Waals surface area contributed by atoms with E-state index in [-0.39, 0.29) is 12.0 Å². The summed E-state index contributed by atoms with van der Waals surface area (Å²) < 4.78 is 5.21. The van der Waals surface area contributed by atoms with Crippen LogP contribution in [0.25, 0.3) is 0 Å². The molecular weight excluding hydrogens is 216 g/mol. The summed E-state index contributed by atoms with van der Waals surface area (Å²) in [5.74, 6) is 1.56. The minimum Gasteiger partial charge on any atom is -0.339 e. The Balaban J connectivity index is 2.29. The lowest BCUT2D eigenvalue weighted by atomic mass is 10.1. The first-order valence-corrected chi connectivity index (χ1v) is 5.63. The van der Waals surface area contributed by atoms with Gasteiger partial charge in [0.1, 0.15) is 0 Å². The molecule has 2 aromatic rings. The summed E-state index contributed by atoms with van der Waals surface area (Å²) in [7, 11) is 1.87. The number of hydrogen-bond acceptors (Lipinski definition) is 5. The highest BCUT2D eigenvalue weighted by molar-refractivity contribution is 5.21. The summed E-state index contributed by atoms with van der Waals surface area (Å²) in [6.07, 6.45) is 3.51. The fourth-order valence-electron chi connectivity index (χ4n) is 1.60. The first-order chi connectivity index (χ1) is 8.22. The van der Waals surface area contributed by atoms with E-state index in [9.17, 15) is 0 Å². The highest BCUT2D eigenvalue weighted by atomic mass is 16.5. The summed E-state index contributed by atoms with van der Waals surface area (Å²) >= 11 is 0. The molecule has 1 atom stereocenters. The van der Waals surface area contributed by atoms with E-state index in [0.717, 1.165) is 5.56 Å². The van der Waals surface area contributed by atoms with Gasteiger partial charge in [0.2, 0.25) is 5.89 Å². The van der Waals surface area contributed by atoms with Crippen LogP contribution in [0, 0.1) is 0 Å². The molecule has 0 fully saturated rings. The normalized spacial score (nSPS) is 12.9. The van der Waals surface area contributed by atoms with Crippen LogP contribution in [0.1, 0.15) is 43.1 Å². The van der Waals surface area contributed by atoms with Crippen LogP contribution in [-0.2, 0) is 0 Å². The van der Waals surface area contributed by atoms with Gasteiger partial charge in [0, 0.05) is 18.3 Å². The second-order valence-electron chi connectivity index (χ2n) is 4.15. The van der Waals surface area contributed by atoms with Crippen molar-refractivity contribution in [3.63, 3.8) is 0 Å². The Kier molecular flexibility index (Phi) is 3.49. The van der Waals surface area contributed by atoms with Crippen LogP contribution in [0.4, 0.5) is 0 Å². The maximum absolute atomic E-state index is 5.21. The van der Waals surface area contributed by atoms with E-state index in [2.05, 4.69) is 20.4 Å². The predicted octanol–water partition coefficient (Wildman–Crippen LogP) is 1.90. The molecule has 1 N–H and O–H groups in total. The SMILES string of the molecule is CNC(c1ccncc1)c1noc(C(C)C)n1. The fraction of sp³-hybridized carbons (Fsp3) is 0.417. The van der Waals surface area contributed by atoms with Gasteiger partial charge < -0.3 is 9.84 Å². The number of rotatable bonds is 4. The number of pyridine rings is 1. The molecule has 1 unspecified atom stereocenters. The Bertz CT molecular complexity index is 466. The molecule has 0 saturated heterocycles. The van der Waals surface area contributed by atoms with E-state index in [4.69, 9.17) is 4.52 Å². The molecule has 0 aliphatic rings. The maximum atomic E-state index is 5.21. The minimum atomic E-state index is -0.0609. The monoisotopic (exact) mass is 232 g/mol. The average Bonchev–Trinajstić information content (AvgIpc) is 2.81. The van der Waals surface area contributed by atoms with Crippen LogP contribution in [0.15, 0.2) is 29.0 Å². The van der Waals surface area contributed by atoms with Gasteiger partial charge in [0.05, 0.1) is 6.04 Å². The summed E-state index contributed by atoms with van der Waals surface area (Å²) in [5.41, 5.74) is 1.07. The van der Waals surface area contributed by atoms with Crippen molar-refractivity contribution in [2.45, 2.75) is 25.8 Å². The van der Waals surface area contributed by atoms with Crippen LogP contribution in [0.5, 0.6) is 0 Å². The molecule has 0 spiro atoms. The molecule has 2 aromatic heterocycles. The molecule has 2 heterocycles. The van der Waals surface area contributed by atoms with Gasteiger partial charge in [0.15, 0.2) is 5.82 Å². The Hall–Kier alpha value is -1.75. The summed E-state index contributed by atoms with van der Waals surface area (Å²) in [4.78, 5) is 8.39. The first kappa shape index (κ1) is 11.7. The van der Waals surface area contributed by atoms with Crippen molar-refractivity contribution in [1.29, 1.82) is 0 Å². The molecule has 5 heteroatoms. The molecule has 0 bridgehead atoms. The van der Waals surface area contributed by atoms with E-state index in [1.54, 1.807) is 12.4 Å². The average molecular weight is 232 g/mol. The molecule has 17 heavy (non-hydrogen) atoms. The van der Waals surface area contributed by atoms with E-state index in [1.807, 2.05) is 33.0 Å². The van der Waals surface area contributed by atoms with Crippen molar-refractivity contribution in [3.05, 3.63) is 41.8 Å². The summed E-state index contributed by atoms with van der Waals surface area (Å²) in [6.45, 7) is 4.05. The van der Waals surface area contributed by atoms with Crippen LogP contribution in [0.3, 0.4) is 0 Å². The molecule has 5 nitrogen and oxygen atoms in total. The molecule has 0 aliphatic heterocycles. The van der Waals surface area contributed by atoms with Crippen molar-refractivity contribution >= 4 is 0 Å². The van der Waals surface area contributed by atoms with Crippen LogP contribution in [-0.4, -0.2) is 22.2 Å². The molecule has 0 aliphatic carbocycles. The van der Waals surface area contributed by atoms with Gasteiger partial charge in [-0.05, 0) is 24.7 Å². The minimum absolute atomic E-state index is 0.0609. The molecule has 0 amide bonds. The van der Waals surface area contributed by atoms with Crippen LogP contribution in [0.2, 0.25) is 0 Å². The predicted molar refractivity (Wildman–Crippen MR) is 63.5 cm³/mol. The van der Waals surface area contributed by atoms with Crippen molar-refractivity contribution in [2.75, 3.05) is 7.05 Å². The lowest BCUT2D eigenvalue weighted by molar-refractivity contribution is 0.358. The summed E-state index contributed by atoms with van der Waals surface area (Å²) in [5, 5.41) is 7.19. The van der Waals surface area contributed by atoms with Gasteiger partial charge >= 0.3 is 0 Å². The van der Waals surface area contributed by atoms with E-state index in [1.165, 1.54) is 0 Å². The van der Waals surface area contributed by atoms with Gasteiger partial charge in [-0.1, -0.05) is 19.0 Å². The molecule has 2 rings (SSSR count). The third-order valence-corrected chi connectivity index (χ3v) is 2.54. The van der Waals surface area contributed by atoms with Crippen LogP contribution < -0.4 is 5.32 Å². The third kappa shape index (κ3) is 2.50. The number of nitrogens with one attached hydrogen (secondary N) is 1.